The molecule has 36 heavy (non-hydrogen) atoms. The van der Waals surface area contributed by atoms with E-state index >= 15 is 0 Å². The fraction of sp³-hybridized carbons (Fsp3) is 0.312. The zero-order valence-electron chi connectivity index (χ0n) is 21.8. The van der Waals surface area contributed by atoms with Crippen LogP contribution < -0.4 is 10.2 Å². The summed E-state index contributed by atoms with van der Waals surface area (Å²) >= 11 is 0. The molecule has 0 fully saturated rings. The van der Waals surface area contributed by atoms with E-state index in [1.165, 1.54) is 11.1 Å². The Morgan fingerprint density at radius 2 is 1.53 bits per heavy atom. The van der Waals surface area contributed by atoms with Crippen molar-refractivity contribution in [1.82, 2.24) is 0 Å². The number of nitrogens with one attached hydrogen (secondary N) is 1. The van der Waals surface area contributed by atoms with E-state index in [0.29, 0.717) is 12.0 Å². The minimum Gasteiger partial charge on any atom is -0.357 e. The van der Waals surface area contributed by atoms with Gasteiger partial charge in [-0.25, -0.2) is 0 Å². The summed E-state index contributed by atoms with van der Waals surface area (Å²) in [7, 11) is 0. The maximum atomic E-state index is 13.9. The van der Waals surface area contributed by atoms with Crippen molar-refractivity contribution in [2.24, 2.45) is 0 Å². The monoisotopic (exact) mass is 478 g/mol. The summed E-state index contributed by atoms with van der Waals surface area (Å²) in [5.74, 6) is 0.0991. The third-order valence-corrected chi connectivity index (χ3v) is 7.47. The molecule has 0 spiro atoms. The summed E-state index contributed by atoms with van der Waals surface area (Å²) in [6, 6.07) is 24.3. The lowest BCUT2D eigenvalue weighted by Crippen LogP contribution is -2.37. The number of hydrogen-bond donors (Lipinski definition) is 1. The Balaban J connectivity index is 1.63. The first-order valence-electron chi connectivity index (χ1n) is 12.7. The average molecular weight is 479 g/mol. The summed E-state index contributed by atoms with van der Waals surface area (Å²) in [4.78, 5) is 28.8. The Kier molecular flexibility index (Phi) is 6.07. The summed E-state index contributed by atoms with van der Waals surface area (Å²) in [6.07, 6.45) is 1.15. The largest absolute Gasteiger partial charge is 0.357 e. The molecule has 0 aromatic heterocycles. The molecule has 0 saturated carbocycles. The number of aryl methyl sites for hydroxylation is 1. The van der Waals surface area contributed by atoms with Crippen molar-refractivity contribution in [2.75, 3.05) is 10.2 Å². The first-order chi connectivity index (χ1) is 17.1. The number of rotatable bonds is 2. The van der Waals surface area contributed by atoms with Crippen molar-refractivity contribution in [3.63, 3.8) is 0 Å². The van der Waals surface area contributed by atoms with Crippen molar-refractivity contribution in [2.45, 2.75) is 64.8 Å². The van der Waals surface area contributed by atoms with Gasteiger partial charge in [-0.2, -0.15) is 0 Å². The van der Waals surface area contributed by atoms with Gasteiger partial charge in [-0.1, -0.05) is 87.0 Å². The number of hydrogen-bond acceptors (Lipinski definition) is 3. The third kappa shape index (κ3) is 4.37. The number of fused-ring (bicyclic) bond motifs is 1. The number of carbonyl (C=O) groups excluding carboxylic acids is 2. The first kappa shape index (κ1) is 24.1. The molecule has 0 saturated heterocycles. The lowest BCUT2D eigenvalue weighted by Gasteiger charge is -2.34. The van der Waals surface area contributed by atoms with Crippen LogP contribution in [-0.4, -0.2) is 11.7 Å². The summed E-state index contributed by atoms with van der Waals surface area (Å²) < 4.78 is 0. The molecule has 3 aromatic rings. The van der Waals surface area contributed by atoms with Crippen LogP contribution in [0.4, 0.5) is 11.4 Å². The first-order valence-corrected chi connectivity index (χ1v) is 12.7. The summed E-state index contributed by atoms with van der Waals surface area (Å²) in [5.41, 5.74) is 7.90. The number of ketones is 1. The van der Waals surface area contributed by atoms with Crippen molar-refractivity contribution < 1.29 is 9.59 Å². The van der Waals surface area contributed by atoms with Gasteiger partial charge < -0.3 is 5.32 Å². The molecule has 4 nitrogen and oxygen atoms in total. The minimum atomic E-state index is -0.467. The minimum absolute atomic E-state index is 0.0839. The molecule has 2 atom stereocenters. The van der Waals surface area contributed by atoms with Gasteiger partial charge in [-0.15, -0.1) is 0 Å². The van der Waals surface area contributed by atoms with Crippen LogP contribution in [0.3, 0.4) is 0 Å². The molecule has 1 N–H and O–H groups in total. The SMILES string of the molecule is CC(=O)N1c2ccccc2NC2=C(C(=O)C[C@H](c3ccc(C(C)(C)C)cc3)C2)[C@H]1c1ccc(C)cc1. The average Bonchev–Trinajstić information content (AvgIpc) is 2.99. The second-order valence-corrected chi connectivity index (χ2v) is 11.1. The van der Waals surface area contributed by atoms with Gasteiger partial charge in [0, 0.05) is 24.6 Å². The van der Waals surface area contributed by atoms with E-state index in [2.05, 4.69) is 50.4 Å². The zero-order chi connectivity index (χ0) is 25.6. The number of para-hydroxylation sites is 2. The van der Waals surface area contributed by atoms with Crippen LogP contribution in [0.15, 0.2) is 84.1 Å². The second kappa shape index (κ2) is 9.09. The highest BCUT2D eigenvalue weighted by Crippen LogP contribution is 2.47. The van der Waals surface area contributed by atoms with E-state index in [-0.39, 0.29) is 23.0 Å². The van der Waals surface area contributed by atoms with E-state index in [0.717, 1.165) is 34.6 Å². The number of amides is 1. The van der Waals surface area contributed by atoms with Gasteiger partial charge in [-0.05, 0) is 53.5 Å². The Hall–Kier alpha value is -3.66. The second-order valence-electron chi connectivity index (χ2n) is 11.1. The van der Waals surface area contributed by atoms with Gasteiger partial charge in [0.1, 0.15) is 0 Å². The molecule has 0 unspecified atom stereocenters. The van der Waals surface area contributed by atoms with Gasteiger partial charge in [-0.3, -0.25) is 14.5 Å². The van der Waals surface area contributed by atoms with Gasteiger partial charge in [0.15, 0.2) is 5.78 Å². The fourth-order valence-corrected chi connectivity index (χ4v) is 5.49. The van der Waals surface area contributed by atoms with Crippen LogP contribution in [0.5, 0.6) is 0 Å². The quantitative estimate of drug-likeness (QED) is 0.423. The van der Waals surface area contributed by atoms with Crippen molar-refractivity contribution in [3.8, 4) is 0 Å². The van der Waals surface area contributed by atoms with Crippen LogP contribution in [0.2, 0.25) is 0 Å². The van der Waals surface area contributed by atoms with E-state index < -0.39 is 6.04 Å². The molecule has 0 radical (unpaired) electrons. The van der Waals surface area contributed by atoms with Crippen LogP contribution in [0.25, 0.3) is 0 Å². The number of nitrogens with zero attached hydrogens (tertiary/aromatic N) is 1. The fourth-order valence-electron chi connectivity index (χ4n) is 5.49. The van der Waals surface area contributed by atoms with Crippen molar-refractivity contribution >= 4 is 23.1 Å². The lowest BCUT2D eigenvalue weighted by atomic mass is 9.77. The Morgan fingerprint density at radius 3 is 2.17 bits per heavy atom. The summed E-state index contributed by atoms with van der Waals surface area (Å²) in [6.45, 7) is 10.3. The van der Waals surface area contributed by atoms with Crippen molar-refractivity contribution in [1.29, 1.82) is 0 Å². The van der Waals surface area contributed by atoms with E-state index in [1.54, 1.807) is 11.8 Å². The standard InChI is InChI=1S/C32H34N2O2/c1-20-10-12-23(13-11-20)31-30-27(33-26-8-6-7-9-28(26)34(31)21(2)35)18-24(19-29(30)36)22-14-16-25(17-15-22)32(3,4)5/h6-17,24,31,33H,18-19H2,1-5H3/t24-,31-/m1/s1. The molecule has 3 aromatic carbocycles. The molecule has 1 aliphatic heterocycles. The normalized spacial score (nSPS) is 19.8. The van der Waals surface area contributed by atoms with Crippen LogP contribution in [0.1, 0.15) is 74.8 Å². The Morgan fingerprint density at radius 1 is 0.889 bits per heavy atom. The van der Waals surface area contributed by atoms with E-state index in [1.807, 2.05) is 55.5 Å². The number of Topliss-reactive ketones (excluding diaryl/α,β-unsaturated/α-hetero) is 1. The molecular formula is C32H34N2O2. The third-order valence-electron chi connectivity index (χ3n) is 7.47. The molecule has 2 aliphatic rings. The number of benzene rings is 3. The lowest BCUT2D eigenvalue weighted by molar-refractivity contribution is -0.117. The Labute approximate surface area is 214 Å². The number of carbonyl (C=O) groups is 2. The maximum Gasteiger partial charge on any atom is 0.224 e. The zero-order valence-corrected chi connectivity index (χ0v) is 21.8. The topological polar surface area (TPSA) is 49.4 Å². The highest BCUT2D eigenvalue weighted by molar-refractivity contribution is 6.06. The predicted molar refractivity (Wildman–Crippen MR) is 146 cm³/mol. The van der Waals surface area contributed by atoms with Crippen LogP contribution in [-0.2, 0) is 15.0 Å². The molecule has 1 heterocycles. The van der Waals surface area contributed by atoms with Crippen LogP contribution >= 0.6 is 0 Å². The van der Waals surface area contributed by atoms with Gasteiger partial charge in [0.25, 0.3) is 0 Å². The van der Waals surface area contributed by atoms with Gasteiger partial charge >= 0.3 is 0 Å². The molecule has 5 rings (SSSR count). The maximum absolute atomic E-state index is 13.9. The van der Waals surface area contributed by atoms with Crippen LogP contribution in [0, 0.1) is 6.92 Å². The molecule has 184 valence electrons. The molecule has 1 aliphatic carbocycles. The molecule has 1 amide bonds. The highest BCUT2D eigenvalue weighted by Gasteiger charge is 2.40. The molecular weight excluding hydrogens is 444 g/mol. The van der Waals surface area contributed by atoms with E-state index in [9.17, 15) is 9.59 Å². The van der Waals surface area contributed by atoms with Gasteiger partial charge in [0.2, 0.25) is 5.91 Å². The molecule has 4 heteroatoms. The summed E-state index contributed by atoms with van der Waals surface area (Å²) in [5, 5.41) is 3.59. The number of allylic oxidation sites excluding steroid dienone is 1. The van der Waals surface area contributed by atoms with Crippen molar-refractivity contribution in [3.05, 3.63) is 106 Å². The van der Waals surface area contributed by atoms with E-state index in [4.69, 9.17) is 0 Å². The highest BCUT2D eigenvalue weighted by atomic mass is 16.2. The Bertz CT molecular complexity index is 1340. The smallest absolute Gasteiger partial charge is 0.224 e. The number of anilines is 2. The van der Waals surface area contributed by atoms with Gasteiger partial charge in [0.05, 0.1) is 17.4 Å². The molecule has 0 bridgehead atoms. The predicted octanol–water partition coefficient (Wildman–Crippen LogP) is 7.21.